The fraction of sp³-hybridized carbons (Fsp3) is 0.312. The van der Waals surface area contributed by atoms with Crippen LogP contribution in [0.4, 0.5) is 5.82 Å². The van der Waals surface area contributed by atoms with Crippen LogP contribution in [-0.4, -0.2) is 58.7 Å². The molecule has 3 aromatic rings. The molecule has 1 saturated heterocycles. The van der Waals surface area contributed by atoms with Crippen LogP contribution in [0.15, 0.2) is 47.8 Å². The van der Waals surface area contributed by atoms with Crippen LogP contribution in [0.2, 0.25) is 0 Å². The molecule has 4 rings (SSSR count). The van der Waals surface area contributed by atoms with Crippen molar-refractivity contribution >= 4 is 26.9 Å². The minimum absolute atomic E-state index is 0.333. The summed E-state index contributed by atoms with van der Waals surface area (Å²) in [5, 5.41) is 5.11. The highest BCUT2D eigenvalue weighted by Crippen LogP contribution is 2.24. The molecule has 1 aromatic carbocycles. The average molecular weight is 358 g/mol. The van der Waals surface area contributed by atoms with Gasteiger partial charge in [0.25, 0.3) is 0 Å². The maximum absolute atomic E-state index is 12.7. The number of benzene rings is 1. The highest BCUT2D eigenvalue weighted by molar-refractivity contribution is 7.89. The summed E-state index contributed by atoms with van der Waals surface area (Å²) in [4.78, 5) is 11.0. The fourth-order valence-corrected chi connectivity index (χ4v) is 4.53. The van der Waals surface area contributed by atoms with Gasteiger partial charge >= 0.3 is 0 Å². The Morgan fingerprint density at radius 1 is 1.00 bits per heavy atom. The van der Waals surface area contributed by atoms with E-state index in [9.17, 15) is 8.42 Å². The van der Waals surface area contributed by atoms with Crippen LogP contribution in [0.25, 0.3) is 11.0 Å². The van der Waals surface area contributed by atoms with E-state index in [2.05, 4.69) is 20.0 Å². The molecule has 25 heavy (non-hydrogen) atoms. The summed E-state index contributed by atoms with van der Waals surface area (Å²) in [6, 6.07) is 8.55. The van der Waals surface area contributed by atoms with E-state index in [-0.39, 0.29) is 0 Å². The van der Waals surface area contributed by atoms with E-state index in [1.165, 1.54) is 10.6 Å². The van der Waals surface area contributed by atoms with E-state index in [1.54, 1.807) is 35.1 Å². The second-order valence-corrected chi connectivity index (χ2v) is 7.84. The summed E-state index contributed by atoms with van der Waals surface area (Å²) in [7, 11) is -1.61. The normalized spacial score (nSPS) is 16.4. The number of fused-ring (bicyclic) bond motifs is 1. The monoisotopic (exact) mass is 358 g/mol. The number of aryl methyl sites for hydroxylation is 1. The lowest BCUT2D eigenvalue weighted by Gasteiger charge is -2.34. The molecule has 1 aliphatic rings. The van der Waals surface area contributed by atoms with Gasteiger partial charge in [0.2, 0.25) is 10.0 Å². The third-order valence-corrected chi connectivity index (χ3v) is 6.34. The number of piperazine rings is 1. The molecule has 0 bridgehead atoms. The Kier molecular flexibility index (Phi) is 3.89. The topological polar surface area (TPSA) is 84.2 Å². The molecule has 9 heteroatoms. The zero-order chi connectivity index (χ0) is 17.4. The van der Waals surface area contributed by atoms with Gasteiger partial charge in [-0.1, -0.05) is 18.2 Å². The summed E-state index contributed by atoms with van der Waals surface area (Å²) in [5.74, 6) is 0.801. The molecule has 0 unspecified atom stereocenters. The Bertz CT molecular complexity index is 994. The number of hydrogen-bond acceptors (Lipinski definition) is 6. The van der Waals surface area contributed by atoms with Gasteiger partial charge in [0.1, 0.15) is 12.1 Å². The van der Waals surface area contributed by atoms with Crippen molar-refractivity contribution in [1.29, 1.82) is 0 Å². The first-order valence-corrected chi connectivity index (χ1v) is 9.44. The molecule has 0 amide bonds. The maximum atomic E-state index is 12.7. The standard InChI is InChI=1S/C16H18N6O2S/c1-20-15-14(11-19-20)16(18-12-17-15)21-7-9-22(10-8-21)25(23,24)13-5-3-2-4-6-13/h2-6,11-12H,7-10H2,1H3. The Morgan fingerprint density at radius 3 is 2.44 bits per heavy atom. The number of sulfonamides is 1. The third kappa shape index (κ3) is 2.75. The Hall–Kier alpha value is -2.52. The Morgan fingerprint density at radius 2 is 1.72 bits per heavy atom. The van der Waals surface area contributed by atoms with E-state index in [0.29, 0.717) is 31.1 Å². The van der Waals surface area contributed by atoms with Gasteiger partial charge in [-0.3, -0.25) is 4.68 Å². The molecule has 8 nitrogen and oxygen atoms in total. The summed E-state index contributed by atoms with van der Waals surface area (Å²) < 4.78 is 28.7. The second kappa shape index (κ2) is 6.08. The molecule has 3 heterocycles. The minimum Gasteiger partial charge on any atom is -0.353 e. The van der Waals surface area contributed by atoms with Gasteiger partial charge < -0.3 is 4.90 Å². The van der Waals surface area contributed by atoms with Crippen molar-refractivity contribution in [3.05, 3.63) is 42.9 Å². The van der Waals surface area contributed by atoms with E-state index in [1.807, 2.05) is 13.1 Å². The van der Waals surface area contributed by atoms with E-state index < -0.39 is 10.0 Å². The number of anilines is 1. The van der Waals surface area contributed by atoms with Gasteiger partial charge in [-0.2, -0.15) is 9.40 Å². The predicted molar refractivity (Wildman–Crippen MR) is 93.7 cm³/mol. The van der Waals surface area contributed by atoms with Crippen LogP contribution in [0.1, 0.15) is 0 Å². The Labute approximate surface area is 145 Å². The number of aromatic nitrogens is 4. The summed E-state index contributed by atoms with van der Waals surface area (Å²) in [5.41, 5.74) is 0.768. The highest BCUT2D eigenvalue weighted by Gasteiger charge is 2.29. The fourth-order valence-electron chi connectivity index (χ4n) is 3.08. The highest BCUT2D eigenvalue weighted by atomic mass is 32.2. The summed E-state index contributed by atoms with van der Waals surface area (Å²) >= 11 is 0. The van der Waals surface area contributed by atoms with Crippen LogP contribution < -0.4 is 4.90 Å². The van der Waals surface area contributed by atoms with Crippen molar-refractivity contribution in [3.63, 3.8) is 0 Å². The summed E-state index contributed by atoms with van der Waals surface area (Å²) in [6.45, 7) is 1.99. The van der Waals surface area contributed by atoms with Crippen LogP contribution in [0.3, 0.4) is 0 Å². The molecule has 2 aromatic heterocycles. The van der Waals surface area contributed by atoms with Gasteiger partial charge in [-0.25, -0.2) is 18.4 Å². The largest absolute Gasteiger partial charge is 0.353 e. The van der Waals surface area contributed by atoms with Gasteiger partial charge in [0.15, 0.2) is 5.65 Å². The van der Waals surface area contributed by atoms with Crippen molar-refractivity contribution in [2.75, 3.05) is 31.1 Å². The summed E-state index contributed by atoms with van der Waals surface area (Å²) in [6.07, 6.45) is 3.27. The smallest absolute Gasteiger partial charge is 0.243 e. The van der Waals surface area contributed by atoms with Crippen LogP contribution in [0, 0.1) is 0 Å². The second-order valence-electron chi connectivity index (χ2n) is 5.91. The van der Waals surface area contributed by atoms with Crippen molar-refractivity contribution in [2.45, 2.75) is 4.90 Å². The van der Waals surface area contributed by atoms with Crippen molar-refractivity contribution in [2.24, 2.45) is 7.05 Å². The molecular weight excluding hydrogens is 340 g/mol. The zero-order valence-electron chi connectivity index (χ0n) is 13.8. The molecule has 0 spiro atoms. The van der Waals surface area contributed by atoms with E-state index in [0.717, 1.165) is 16.9 Å². The molecule has 0 saturated carbocycles. The molecule has 0 N–H and O–H groups in total. The van der Waals surface area contributed by atoms with Crippen LogP contribution in [-0.2, 0) is 17.1 Å². The number of rotatable bonds is 3. The van der Waals surface area contributed by atoms with Gasteiger partial charge in [0, 0.05) is 33.2 Å². The molecule has 0 atom stereocenters. The zero-order valence-corrected chi connectivity index (χ0v) is 14.6. The Balaban J connectivity index is 1.55. The number of hydrogen-bond donors (Lipinski definition) is 0. The van der Waals surface area contributed by atoms with Crippen molar-refractivity contribution < 1.29 is 8.42 Å². The quantitative estimate of drug-likeness (QED) is 0.691. The van der Waals surface area contributed by atoms with E-state index >= 15 is 0 Å². The molecule has 0 aliphatic carbocycles. The van der Waals surface area contributed by atoms with Crippen molar-refractivity contribution in [1.82, 2.24) is 24.1 Å². The molecule has 1 aliphatic heterocycles. The first-order valence-electron chi connectivity index (χ1n) is 8.00. The maximum Gasteiger partial charge on any atom is 0.243 e. The van der Waals surface area contributed by atoms with Gasteiger partial charge in [-0.15, -0.1) is 0 Å². The first kappa shape index (κ1) is 16.0. The third-order valence-electron chi connectivity index (χ3n) is 4.43. The van der Waals surface area contributed by atoms with Crippen LogP contribution in [0.5, 0.6) is 0 Å². The molecule has 0 radical (unpaired) electrons. The molecular formula is C16H18N6O2S. The minimum atomic E-state index is -3.45. The van der Waals surface area contributed by atoms with Crippen molar-refractivity contribution in [3.8, 4) is 0 Å². The molecule has 1 fully saturated rings. The predicted octanol–water partition coefficient (Wildman–Crippen LogP) is 0.874. The SMILES string of the molecule is Cn1ncc2c(N3CCN(S(=O)(=O)c4ccccc4)CC3)ncnc21. The average Bonchev–Trinajstić information content (AvgIpc) is 3.04. The lowest BCUT2D eigenvalue weighted by molar-refractivity contribution is 0.384. The van der Waals surface area contributed by atoms with E-state index in [4.69, 9.17) is 0 Å². The van der Waals surface area contributed by atoms with Gasteiger partial charge in [0.05, 0.1) is 16.5 Å². The lowest BCUT2D eigenvalue weighted by Crippen LogP contribution is -2.49. The lowest BCUT2D eigenvalue weighted by atomic mass is 10.3. The number of nitrogens with zero attached hydrogens (tertiary/aromatic N) is 6. The molecule has 130 valence electrons. The first-order chi connectivity index (χ1) is 12.1. The van der Waals surface area contributed by atoms with Crippen LogP contribution >= 0.6 is 0 Å². The van der Waals surface area contributed by atoms with Gasteiger partial charge in [-0.05, 0) is 12.1 Å².